The number of aliphatic carboxylic acids is 4. The topological polar surface area (TPSA) is 318 Å². The summed E-state index contributed by atoms with van der Waals surface area (Å²) in [5.74, 6) is -5.04. The number of carbonyl (C=O) groups excluding carboxylic acids is 4. The zero-order valence-corrected chi connectivity index (χ0v) is 26.7. The lowest BCUT2D eigenvalue weighted by molar-refractivity contribution is -0.140. The number of rotatable bonds is 26. The van der Waals surface area contributed by atoms with Gasteiger partial charge in [-0.3, -0.25) is 38.4 Å². The number of carboxylic acids is 4. The molecule has 0 aliphatic rings. The summed E-state index contributed by atoms with van der Waals surface area (Å²) in [7, 11) is 0. The van der Waals surface area contributed by atoms with Crippen molar-refractivity contribution in [2.45, 2.75) is 49.9 Å². The molecule has 0 bridgehead atoms. The van der Waals surface area contributed by atoms with Crippen LogP contribution in [0.15, 0.2) is 0 Å². The van der Waals surface area contributed by atoms with Crippen molar-refractivity contribution in [1.82, 2.24) is 21.3 Å². The lowest BCUT2D eigenvalue weighted by Gasteiger charge is -2.18. The summed E-state index contributed by atoms with van der Waals surface area (Å²) in [6, 6.07) is -4.59. The number of hydrogen-bond acceptors (Lipinski definition) is 13. The van der Waals surface area contributed by atoms with Crippen molar-refractivity contribution >= 4 is 82.8 Å². The summed E-state index contributed by atoms with van der Waals surface area (Å²) in [6.07, 6.45) is -0.764. The number of amides is 4. The van der Waals surface area contributed by atoms with Crippen molar-refractivity contribution in [1.29, 1.82) is 0 Å². The SMILES string of the molecule is N[C@@H](CCC(=O)N[C@@H](CSCCSCCSC[C@H](NC(=O)CC[C@H](N)C(=O)O)C(=O)NCC(=O)O)C(=O)NCC(=O)O)C(=O)O. The van der Waals surface area contributed by atoms with Crippen molar-refractivity contribution in [3.8, 4) is 0 Å². The molecule has 0 fully saturated rings. The fourth-order valence-electron chi connectivity index (χ4n) is 3.03. The Hall–Kier alpha value is -3.27. The third-order valence-corrected chi connectivity index (χ3v) is 9.07. The van der Waals surface area contributed by atoms with Gasteiger partial charge in [0.2, 0.25) is 23.6 Å². The Balaban J connectivity index is 4.63. The first kappa shape index (κ1) is 41.7. The highest BCUT2D eigenvalue weighted by Gasteiger charge is 2.24. The first-order chi connectivity index (χ1) is 21.1. The maximum absolute atomic E-state index is 12.4. The molecule has 0 rings (SSSR count). The summed E-state index contributed by atoms with van der Waals surface area (Å²) in [4.78, 5) is 92.3. The molecule has 0 heterocycles. The maximum atomic E-state index is 12.4. The highest BCUT2D eigenvalue weighted by molar-refractivity contribution is 8.04. The Bertz CT molecular complexity index is 960. The Morgan fingerprint density at radius 2 is 0.889 bits per heavy atom. The average Bonchev–Trinajstić information content (AvgIpc) is 2.97. The van der Waals surface area contributed by atoms with Crippen LogP contribution in [0.4, 0.5) is 0 Å². The number of nitrogens with two attached hydrogens (primary N) is 2. The second-order valence-corrected chi connectivity index (χ2v) is 12.7. The molecule has 0 aliphatic carbocycles. The van der Waals surface area contributed by atoms with E-state index < -0.39 is 84.8 Å². The van der Waals surface area contributed by atoms with Gasteiger partial charge in [0.15, 0.2) is 0 Å². The quantitative estimate of drug-likeness (QED) is 0.0400. The van der Waals surface area contributed by atoms with Crippen LogP contribution >= 0.6 is 35.3 Å². The smallest absolute Gasteiger partial charge is 0.322 e. The zero-order chi connectivity index (χ0) is 34.4. The number of carboxylic acid groups (broad SMARTS) is 4. The van der Waals surface area contributed by atoms with E-state index in [9.17, 15) is 38.4 Å². The van der Waals surface area contributed by atoms with Crippen molar-refractivity contribution < 1.29 is 58.8 Å². The lowest BCUT2D eigenvalue weighted by Crippen LogP contribution is -2.49. The van der Waals surface area contributed by atoms with E-state index >= 15 is 0 Å². The summed E-state index contributed by atoms with van der Waals surface area (Å²) in [6.45, 7) is -1.28. The Morgan fingerprint density at radius 3 is 1.20 bits per heavy atom. The van der Waals surface area contributed by atoms with Crippen molar-refractivity contribution in [3.05, 3.63) is 0 Å². The molecular weight excluding hydrogens is 660 g/mol. The van der Waals surface area contributed by atoms with Crippen LogP contribution in [0.5, 0.6) is 0 Å². The summed E-state index contributed by atoms with van der Waals surface area (Å²) in [5, 5.41) is 44.6. The maximum Gasteiger partial charge on any atom is 0.322 e. The molecule has 12 N–H and O–H groups in total. The van der Waals surface area contributed by atoms with E-state index in [1.54, 1.807) is 11.8 Å². The van der Waals surface area contributed by atoms with Gasteiger partial charge in [-0.05, 0) is 12.8 Å². The van der Waals surface area contributed by atoms with Crippen LogP contribution in [0, 0.1) is 0 Å². The Morgan fingerprint density at radius 1 is 0.556 bits per heavy atom. The number of thioether (sulfide) groups is 3. The Kier molecular flexibility index (Phi) is 22.3. The molecule has 45 heavy (non-hydrogen) atoms. The van der Waals surface area contributed by atoms with E-state index in [2.05, 4.69) is 21.3 Å². The average molecular weight is 701 g/mol. The minimum atomic E-state index is -1.27. The number of nitrogens with one attached hydrogen (secondary N) is 4. The normalized spacial score (nSPS) is 13.4. The summed E-state index contributed by atoms with van der Waals surface area (Å²) in [5.41, 5.74) is 10.8. The van der Waals surface area contributed by atoms with Crippen LogP contribution in [-0.2, 0) is 38.4 Å². The van der Waals surface area contributed by atoms with Crippen LogP contribution in [0.1, 0.15) is 25.7 Å². The third-order valence-electron chi connectivity index (χ3n) is 5.44. The lowest BCUT2D eigenvalue weighted by atomic mass is 10.1. The van der Waals surface area contributed by atoms with Gasteiger partial charge < -0.3 is 53.2 Å². The van der Waals surface area contributed by atoms with Gasteiger partial charge in [-0.25, -0.2) is 0 Å². The molecule has 0 aromatic carbocycles. The molecular formula is C24H40N6O12S3. The largest absolute Gasteiger partial charge is 0.480 e. The first-order valence-corrected chi connectivity index (χ1v) is 16.9. The van der Waals surface area contributed by atoms with E-state index in [-0.39, 0.29) is 37.2 Å². The summed E-state index contributed by atoms with van der Waals surface area (Å²) < 4.78 is 0. The van der Waals surface area contributed by atoms with E-state index in [1.165, 1.54) is 23.5 Å². The van der Waals surface area contributed by atoms with Gasteiger partial charge >= 0.3 is 23.9 Å². The van der Waals surface area contributed by atoms with E-state index in [1.807, 2.05) is 0 Å². The molecule has 18 nitrogen and oxygen atoms in total. The second-order valence-electron chi connectivity index (χ2n) is 9.19. The minimum absolute atomic E-state index is 0.127. The van der Waals surface area contributed by atoms with E-state index in [0.29, 0.717) is 23.0 Å². The van der Waals surface area contributed by atoms with Crippen LogP contribution in [0.25, 0.3) is 0 Å². The van der Waals surface area contributed by atoms with Gasteiger partial charge in [0.05, 0.1) is 0 Å². The molecule has 0 aromatic rings. The van der Waals surface area contributed by atoms with Crippen LogP contribution in [-0.4, -0.2) is 140 Å². The standard InChI is InChI=1S/C24H40N6O12S3/c25-13(23(39)40)1-3-17(31)29-15(21(37)27-9-19(33)34)11-44-7-5-43-6-8-45-12-16(22(38)28-10-20(35)36)30-18(32)4-2-14(26)24(41)42/h13-16H,1-12,25-26H2,(H,27,37)(H,28,38)(H,29,31)(H,30,32)(H,33,34)(H,35,36)(H,39,40)(H,41,42)/t13-,14-,15-,16-/m0/s1. The fraction of sp³-hybridized carbons (Fsp3) is 0.667. The first-order valence-electron chi connectivity index (χ1n) is 13.4. The molecule has 4 atom stereocenters. The van der Waals surface area contributed by atoms with Gasteiger partial charge in [0.25, 0.3) is 0 Å². The van der Waals surface area contributed by atoms with Crippen molar-refractivity contribution in [3.63, 3.8) is 0 Å². The zero-order valence-electron chi connectivity index (χ0n) is 24.2. The number of carbonyl (C=O) groups is 8. The van der Waals surface area contributed by atoms with Gasteiger partial charge in [-0.2, -0.15) is 35.3 Å². The highest BCUT2D eigenvalue weighted by Crippen LogP contribution is 2.13. The van der Waals surface area contributed by atoms with E-state index in [0.717, 1.165) is 0 Å². The van der Waals surface area contributed by atoms with Crippen molar-refractivity contribution in [2.75, 3.05) is 47.6 Å². The highest BCUT2D eigenvalue weighted by atomic mass is 32.2. The molecule has 0 saturated heterocycles. The van der Waals surface area contributed by atoms with Crippen LogP contribution < -0.4 is 32.7 Å². The van der Waals surface area contributed by atoms with Gasteiger partial charge in [0.1, 0.15) is 37.3 Å². The molecule has 0 aliphatic heterocycles. The van der Waals surface area contributed by atoms with E-state index in [4.69, 9.17) is 31.9 Å². The minimum Gasteiger partial charge on any atom is -0.480 e. The molecule has 256 valence electrons. The van der Waals surface area contributed by atoms with Gasteiger partial charge in [-0.15, -0.1) is 0 Å². The Labute approximate surface area is 271 Å². The number of hydrogen-bond donors (Lipinski definition) is 10. The molecule has 0 saturated carbocycles. The molecule has 0 spiro atoms. The molecule has 21 heteroatoms. The van der Waals surface area contributed by atoms with Gasteiger partial charge in [-0.1, -0.05) is 0 Å². The molecule has 0 radical (unpaired) electrons. The predicted molar refractivity (Wildman–Crippen MR) is 167 cm³/mol. The van der Waals surface area contributed by atoms with Crippen LogP contribution in [0.3, 0.4) is 0 Å². The predicted octanol–water partition coefficient (Wildman–Crippen LogP) is -3.06. The van der Waals surface area contributed by atoms with Gasteiger partial charge in [0, 0.05) is 47.4 Å². The third kappa shape index (κ3) is 22.0. The van der Waals surface area contributed by atoms with Crippen molar-refractivity contribution in [2.24, 2.45) is 11.5 Å². The monoisotopic (exact) mass is 700 g/mol. The molecule has 4 amide bonds. The fourth-order valence-corrected chi connectivity index (χ4v) is 6.39. The second kappa shape index (κ2) is 24.0. The molecule has 0 aromatic heterocycles. The summed E-state index contributed by atoms with van der Waals surface area (Å²) >= 11 is 4.20. The van der Waals surface area contributed by atoms with Crippen LogP contribution in [0.2, 0.25) is 0 Å². The molecule has 0 unspecified atom stereocenters.